The van der Waals surface area contributed by atoms with Crippen LogP contribution in [0.3, 0.4) is 0 Å². The van der Waals surface area contributed by atoms with Crippen LogP contribution in [0.25, 0.3) is 0 Å². The molecular weight excluding hydrogens is 757 g/mol. The van der Waals surface area contributed by atoms with Gasteiger partial charge >= 0.3 is 0 Å². The van der Waals surface area contributed by atoms with Crippen molar-refractivity contribution in [1.82, 2.24) is 45.9 Å². The molecule has 60 heavy (non-hydrogen) atoms. The van der Waals surface area contributed by atoms with E-state index in [0.717, 1.165) is 96.3 Å². The van der Waals surface area contributed by atoms with E-state index < -0.39 is 33.2 Å². The highest BCUT2D eigenvalue weighted by atomic mass is 16.2. The van der Waals surface area contributed by atoms with Gasteiger partial charge in [-0.05, 0) is 122 Å². The summed E-state index contributed by atoms with van der Waals surface area (Å²) in [4.78, 5) is 60.9. The van der Waals surface area contributed by atoms with Crippen molar-refractivity contribution >= 4 is 35.6 Å². The summed E-state index contributed by atoms with van der Waals surface area (Å²) in [5, 5.41) is 22.9. The molecule has 3 N–H and O–H groups in total. The molecule has 0 radical (unpaired) electrons. The SMILES string of the molecule is CC1(C)CN(N(c2nc(N(C3CCCCC3)N3CC(C)(C)NC(C)(C)C3=O)nc(N(C3CCCCC3)N3CC(C)(C)NC(C)(C)C3=O)n2)C2CCCCC2)C(=O)C(C)(C)N1. The fraction of sp³-hybridized carbons (Fsp3) is 0.867. The van der Waals surface area contributed by atoms with E-state index in [9.17, 15) is 14.4 Å². The first-order valence-corrected chi connectivity index (χ1v) is 23.4. The number of carbonyl (C=O) groups is 3. The highest BCUT2D eigenvalue weighted by Crippen LogP contribution is 2.39. The van der Waals surface area contributed by atoms with Crippen molar-refractivity contribution < 1.29 is 14.4 Å². The van der Waals surface area contributed by atoms with Crippen molar-refractivity contribution in [1.29, 1.82) is 0 Å². The summed E-state index contributed by atoms with van der Waals surface area (Å²) in [5.74, 6) is 1.08. The predicted molar refractivity (Wildman–Crippen MR) is 237 cm³/mol. The second-order valence-corrected chi connectivity index (χ2v) is 22.6. The van der Waals surface area contributed by atoms with Gasteiger partial charge in [-0.15, -0.1) is 0 Å². The first kappa shape index (κ1) is 44.7. The molecule has 7 rings (SSSR count). The molecule has 3 saturated carbocycles. The summed E-state index contributed by atoms with van der Waals surface area (Å²) in [6, 6.07) is -0.0857. The van der Waals surface area contributed by atoms with Crippen molar-refractivity contribution in [3.8, 4) is 0 Å². The highest BCUT2D eigenvalue weighted by molar-refractivity contribution is 5.89. The van der Waals surface area contributed by atoms with Gasteiger partial charge < -0.3 is 0 Å². The molecule has 0 unspecified atom stereocenters. The number of hydrazine groups is 3. The normalized spacial score (nSPS) is 27.2. The van der Waals surface area contributed by atoms with Crippen LogP contribution in [-0.2, 0) is 14.4 Å². The zero-order valence-electron chi connectivity index (χ0n) is 39.2. The Morgan fingerprint density at radius 2 is 0.617 bits per heavy atom. The molecular formula is C45H78N12O3. The van der Waals surface area contributed by atoms with Crippen LogP contribution in [0.5, 0.6) is 0 Å². The number of nitrogens with zero attached hydrogens (tertiary/aromatic N) is 9. The van der Waals surface area contributed by atoms with E-state index in [0.29, 0.717) is 37.5 Å². The molecule has 0 atom stereocenters. The number of piperazine rings is 3. The molecule has 15 nitrogen and oxygen atoms in total. The monoisotopic (exact) mass is 835 g/mol. The van der Waals surface area contributed by atoms with E-state index in [4.69, 9.17) is 15.0 Å². The first-order chi connectivity index (χ1) is 27.9. The van der Waals surface area contributed by atoms with Crippen LogP contribution in [0.4, 0.5) is 17.8 Å². The lowest BCUT2D eigenvalue weighted by Crippen LogP contribution is -2.74. The topological polar surface area (TPSA) is 145 Å². The van der Waals surface area contributed by atoms with Crippen LogP contribution in [-0.4, -0.2) is 119 Å². The maximum absolute atomic E-state index is 14.8. The van der Waals surface area contributed by atoms with Crippen LogP contribution in [0, 0.1) is 0 Å². The Bertz CT molecular complexity index is 1550. The lowest BCUT2D eigenvalue weighted by atomic mass is 9.90. The summed E-state index contributed by atoms with van der Waals surface area (Å²) in [6.45, 7) is 25.9. The lowest BCUT2D eigenvalue weighted by molar-refractivity contribution is -0.145. The van der Waals surface area contributed by atoms with E-state index in [-0.39, 0.29) is 35.8 Å². The van der Waals surface area contributed by atoms with Crippen molar-refractivity contribution in [2.45, 2.75) is 231 Å². The molecule has 3 aliphatic heterocycles. The molecule has 336 valence electrons. The number of nitrogens with one attached hydrogen (secondary N) is 3. The Labute approximate surface area is 360 Å². The Balaban J connectivity index is 1.50. The molecule has 3 saturated heterocycles. The van der Waals surface area contributed by atoms with Gasteiger partial charge in [0.2, 0.25) is 0 Å². The highest BCUT2D eigenvalue weighted by Gasteiger charge is 2.52. The van der Waals surface area contributed by atoms with Crippen LogP contribution in [0.2, 0.25) is 0 Å². The molecule has 1 aromatic rings. The Hall–Kier alpha value is -3.30. The van der Waals surface area contributed by atoms with Gasteiger partial charge in [0, 0.05) is 16.6 Å². The smallest absolute Gasteiger partial charge is 0.260 e. The maximum Gasteiger partial charge on any atom is 0.260 e. The van der Waals surface area contributed by atoms with Gasteiger partial charge in [-0.1, -0.05) is 57.8 Å². The Morgan fingerprint density at radius 3 is 0.833 bits per heavy atom. The predicted octanol–water partition coefficient (Wildman–Crippen LogP) is 6.00. The Kier molecular flexibility index (Phi) is 12.0. The summed E-state index contributed by atoms with van der Waals surface area (Å²) in [5.41, 5.74) is -3.74. The van der Waals surface area contributed by atoms with E-state index in [1.54, 1.807) is 0 Å². The fourth-order valence-corrected chi connectivity index (χ4v) is 11.7. The van der Waals surface area contributed by atoms with E-state index >= 15 is 0 Å². The van der Waals surface area contributed by atoms with Gasteiger partial charge in [0.15, 0.2) is 0 Å². The molecule has 4 heterocycles. The standard InChI is InChI=1S/C45H78N12O3/c1-40(2)28-52(34(58)43(7,8)49-40)55(31-22-16-13-17-23-31)37-46-38(56(32-24-18-14-19-25-32)53-29-41(3,4)50-44(9,10)35(53)59)48-39(47-37)57(33-26-20-15-21-27-33)54-30-42(5,6)51-45(11,12)36(54)60/h31-33,49-51H,13-30H2,1-12H3. The lowest BCUT2D eigenvalue weighted by Gasteiger charge is -2.54. The molecule has 3 aliphatic carbocycles. The van der Waals surface area contributed by atoms with Gasteiger partial charge in [0.25, 0.3) is 35.6 Å². The number of rotatable bonds is 9. The molecule has 6 fully saturated rings. The number of carbonyl (C=O) groups excluding carboxylic acids is 3. The average molecular weight is 835 g/mol. The van der Waals surface area contributed by atoms with Crippen molar-refractivity contribution in [3.05, 3.63) is 0 Å². The number of hydrogen-bond acceptors (Lipinski definition) is 12. The van der Waals surface area contributed by atoms with Crippen molar-refractivity contribution in [2.75, 3.05) is 34.7 Å². The largest absolute Gasteiger partial charge is 0.297 e. The minimum absolute atomic E-state index is 0.0286. The van der Waals surface area contributed by atoms with Crippen LogP contribution >= 0.6 is 0 Å². The van der Waals surface area contributed by atoms with Gasteiger partial charge in [0.05, 0.1) is 54.4 Å². The Morgan fingerprint density at radius 1 is 0.400 bits per heavy atom. The minimum Gasteiger partial charge on any atom is -0.297 e. The second-order valence-electron chi connectivity index (χ2n) is 22.6. The fourth-order valence-electron chi connectivity index (χ4n) is 11.7. The molecule has 0 aromatic carbocycles. The maximum atomic E-state index is 14.8. The summed E-state index contributed by atoms with van der Waals surface area (Å²) < 4.78 is 0. The third-order valence-electron chi connectivity index (χ3n) is 13.7. The minimum atomic E-state index is -0.843. The quantitative estimate of drug-likeness (QED) is 0.269. The van der Waals surface area contributed by atoms with E-state index in [1.165, 1.54) is 0 Å². The number of hydrogen-bond donors (Lipinski definition) is 3. The molecule has 0 bridgehead atoms. The molecule has 0 spiro atoms. The van der Waals surface area contributed by atoms with E-state index in [1.807, 2.05) is 56.6 Å². The third-order valence-corrected chi connectivity index (χ3v) is 13.7. The van der Waals surface area contributed by atoms with Gasteiger partial charge in [-0.3, -0.25) is 30.3 Å². The zero-order chi connectivity index (χ0) is 43.6. The first-order valence-electron chi connectivity index (χ1n) is 23.4. The molecule has 1 aromatic heterocycles. The van der Waals surface area contributed by atoms with Crippen molar-refractivity contribution in [2.24, 2.45) is 0 Å². The number of aromatic nitrogens is 3. The van der Waals surface area contributed by atoms with Crippen LogP contribution < -0.4 is 31.0 Å². The summed E-state index contributed by atoms with van der Waals surface area (Å²) in [7, 11) is 0. The van der Waals surface area contributed by atoms with Crippen LogP contribution in [0.15, 0.2) is 0 Å². The average Bonchev–Trinajstić information content (AvgIpc) is 3.14. The van der Waals surface area contributed by atoms with Crippen molar-refractivity contribution in [3.63, 3.8) is 0 Å². The number of anilines is 3. The molecule has 3 amide bonds. The number of amides is 3. The summed E-state index contributed by atoms with van der Waals surface area (Å²) >= 11 is 0. The third kappa shape index (κ3) is 9.09. The zero-order valence-corrected chi connectivity index (χ0v) is 39.2. The molecule has 15 heteroatoms. The second kappa shape index (κ2) is 16.1. The van der Waals surface area contributed by atoms with Gasteiger partial charge in [-0.25, -0.2) is 30.1 Å². The van der Waals surface area contributed by atoms with E-state index in [2.05, 4.69) is 72.5 Å². The molecule has 6 aliphatic rings. The van der Waals surface area contributed by atoms with Gasteiger partial charge in [0.1, 0.15) is 0 Å². The summed E-state index contributed by atoms with van der Waals surface area (Å²) in [6.07, 6.45) is 15.0. The van der Waals surface area contributed by atoms with Gasteiger partial charge in [-0.2, -0.15) is 15.0 Å². The van der Waals surface area contributed by atoms with Crippen LogP contribution in [0.1, 0.15) is 179 Å².